The molecule has 1 aromatic rings. The molecule has 0 bridgehead atoms. The molecule has 0 spiro atoms. The minimum Gasteiger partial charge on any atom is -0.465 e. The summed E-state index contributed by atoms with van der Waals surface area (Å²) < 4.78 is 5.32. The molecule has 0 unspecified atom stereocenters. The van der Waals surface area contributed by atoms with Gasteiger partial charge in [-0.3, -0.25) is 4.79 Å². The van der Waals surface area contributed by atoms with Crippen LogP contribution in [0, 0.1) is 11.3 Å². The number of carbonyl (C=O) groups excluding carboxylic acids is 1. The first kappa shape index (κ1) is 12.5. The van der Waals surface area contributed by atoms with Crippen molar-refractivity contribution < 1.29 is 9.53 Å². The van der Waals surface area contributed by atoms with Crippen LogP contribution in [-0.4, -0.2) is 12.6 Å². The van der Waals surface area contributed by atoms with Crippen molar-refractivity contribution in [2.45, 2.75) is 32.1 Å². The highest BCUT2D eigenvalue weighted by atomic mass is 16.5. The summed E-state index contributed by atoms with van der Waals surface area (Å²) in [5.74, 6) is 0.792. The average molecular weight is 256 g/mol. The van der Waals surface area contributed by atoms with Gasteiger partial charge >= 0.3 is 5.97 Å². The molecule has 0 saturated carbocycles. The number of hydrogen-bond acceptors (Lipinski definition) is 2. The van der Waals surface area contributed by atoms with Crippen LogP contribution in [0.2, 0.25) is 0 Å². The van der Waals surface area contributed by atoms with Gasteiger partial charge in [-0.2, -0.15) is 0 Å². The molecule has 100 valence electrons. The van der Waals surface area contributed by atoms with Crippen LogP contribution in [0.3, 0.4) is 0 Å². The first-order valence-electron chi connectivity index (χ1n) is 7.09. The molecule has 0 N–H and O–H groups in total. The van der Waals surface area contributed by atoms with E-state index in [1.165, 1.54) is 5.56 Å². The Balaban J connectivity index is 2.00. The zero-order chi connectivity index (χ0) is 13.3. The number of hydrogen-bond donors (Lipinski definition) is 0. The molecule has 3 atom stereocenters. The molecule has 1 aromatic carbocycles. The maximum atomic E-state index is 12.2. The Bertz CT molecular complexity index is 491. The lowest BCUT2D eigenvalue weighted by Gasteiger charge is -2.42. The van der Waals surface area contributed by atoms with Crippen LogP contribution in [-0.2, 0) is 9.53 Å². The number of rotatable bonds is 1. The first-order chi connectivity index (χ1) is 9.22. The van der Waals surface area contributed by atoms with Gasteiger partial charge in [0.2, 0.25) is 0 Å². The van der Waals surface area contributed by atoms with E-state index >= 15 is 0 Å². The van der Waals surface area contributed by atoms with Crippen molar-refractivity contribution in [3.05, 3.63) is 48.0 Å². The number of fused-ring (bicyclic) bond motifs is 1. The van der Waals surface area contributed by atoms with Crippen molar-refractivity contribution in [3.63, 3.8) is 0 Å². The zero-order valence-electron chi connectivity index (χ0n) is 11.3. The molecule has 2 heteroatoms. The number of benzene rings is 1. The summed E-state index contributed by atoms with van der Waals surface area (Å²) in [6, 6.07) is 10.6. The van der Waals surface area contributed by atoms with Gasteiger partial charge in [0.15, 0.2) is 0 Å². The fourth-order valence-corrected chi connectivity index (χ4v) is 3.60. The smallest absolute Gasteiger partial charge is 0.312 e. The normalized spacial score (nSPS) is 34.3. The minimum atomic E-state index is -0.355. The summed E-state index contributed by atoms with van der Waals surface area (Å²) in [6.45, 7) is 2.65. The summed E-state index contributed by atoms with van der Waals surface area (Å²) >= 11 is 0. The molecule has 0 aromatic heterocycles. The van der Waals surface area contributed by atoms with E-state index in [0.717, 1.165) is 19.3 Å². The van der Waals surface area contributed by atoms with Crippen LogP contribution < -0.4 is 0 Å². The fourth-order valence-electron chi connectivity index (χ4n) is 3.60. The summed E-state index contributed by atoms with van der Waals surface area (Å²) in [6.07, 6.45) is 7.19. The summed E-state index contributed by atoms with van der Waals surface area (Å²) in [7, 11) is 0. The molecule has 19 heavy (non-hydrogen) atoms. The molecule has 0 amide bonds. The lowest BCUT2D eigenvalue weighted by atomic mass is 9.65. The quantitative estimate of drug-likeness (QED) is 0.566. The van der Waals surface area contributed by atoms with E-state index in [-0.39, 0.29) is 11.4 Å². The van der Waals surface area contributed by atoms with Gasteiger partial charge in [0.1, 0.15) is 0 Å². The van der Waals surface area contributed by atoms with Crippen molar-refractivity contribution >= 4 is 5.97 Å². The second-order valence-electron chi connectivity index (χ2n) is 5.88. The van der Waals surface area contributed by atoms with Crippen LogP contribution in [0.5, 0.6) is 0 Å². The molecule has 1 fully saturated rings. The van der Waals surface area contributed by atoms with E-state index in [9.17, 15) is 4.79 Å². The predicted octanol–water partition coefficient (Wildman–Crippen LogP) is 3.69. The Kier molecular flexibility index (Phi) is 3.17. The Morgan fingerprint density at radius 1 is 1.21 bits per heavy atom. The van der Waals surface area contributed by atoms with Crippen molar-refractivity contribution in [2.75, 3.05) is 6.61 Å². The number of carbonyl (C=O) groups is 1. The molecule has 2 aliphatic rings. The van der Waals surface area contributed by atoms with Crippen molar-refractivity contribution in [2.24, 2.45) is 11.3 Å². The number of esters is 1. The Morgan fingerprint density at radius 3 is 2.79 bits per heavy atom. The van der Waals surface area contributed by atoms with Crippen LogP contribution in [0.1, 0.15) is 37.7 Å². The fraction of sp³-hybridized carbons (Fsp3) is 0.471. The molecule has 3 rings (SSSR count). The maximum absolute atomic E-state index is 12.2. The first-order valence-corrected chi connectivity index (χ1v) is 7.09. The van der Waals surface area contributed by atoms with Crippen LogP contribution in [0.15, 0.2) is 42.5 Å². The van der Waals surface area contributed by atoms with Gasteiger partial charge in [0.05, 0.1) is 12.0 Å². The Labute approximate surface area is 114 Å². The summed E-state index contributed by atoms with van der Waals surface area (Å²) in [5.41, 5.74) is 0.992. The highest BCUT2D eigenvalue weighted by Gasteiger charge is 2.48. The number of allylic oxidation sites excluding steroid dienone is 2. The molecule has 1 saturated heterocycles. The molecule has 2 nitrogen and oxygen atoms in total. The van der Waals surface area contributed by atoms with Gasteiger partial charge in [-0.15, -0.1) is 0 Å². The van der Waals surface area contributed by atoms with Gasteiger partial charge in [0, 0.05) is 0 Å². The maximum Gasteiger partial charge on any atom is 0.312 e. The molecule has 0 radical (unpaired) electrons. The number of ether oxygens (including phenoxy) is 1. The Hall–Kier alpha value is -1.57. The van der Waals surface area contributed by atoms with E-state index < -0.39 is 0 Å². The topological polar surface area (TPSA) is 26.3 Å². The average Bonchev–Trinajstić information content (AvgIpc) is 2.61. The molecular weight excluding hydrogens is 236 g/mol. The largest absolute Gasteiger partial charge is 0.465 e. The van der Waals surface area contributed by atoms with Gasteiger partial charge in [-0.25, -0.2) is 0 Å². The minimum absolute atomic E-state index is 0.0174. The number of cyclic esters (lactones) is 1. The van der Waals surface area contributed by atoms with Gasteiger partial charge < -0.3 is 4.74 Å². The summed E-state index contributed by atoms with van der Waals surface area (Å²) in [5, 5.41) is 0. The molecule has 1 aliphatic heterocycles. The van der Waals surface area contributed by atoms with Crippen molar-refractivity contribution in [1.29, 1.82) is 0 Å². The van der Waals surface area contributed by atoms with E-state index in [1.54, 1.807) is 0 Å². The SMILES string of the molecule is C[C@]12CC=CC[C@H](c3ccccc3)[C@@H]1CCOC2=O. The zero-order valence-corrected chi connectivity index (χ0v) is 11.3. The van der Waals surface area contributed by atoms with Gasteiger partial charge in [-0.1, -0.05) is 42.5 Å². The third kappa shape index (κ3) is 2.09. The van der Waals surface area contributed by atoms with Crippen LogP contribution in [0.4, 0.5) is 0 Å². The Morgan fingerprint density at radius 2 is 2.00 bits per heavy atom. The van der Waals surface area contributed by atoms with Crippen LogP contribution in [0.25, 0.3) is 0 Å². The third-order valence-electron chi connectivity index (χ3n) is 4.76. The highest BCUT2D eigenvalue weighted by molar-refractivity contribution is 5.78. The second kappa shape index (κ2) is 4.84. The standard InChI is InChI=1S/C17H20O2/c1-17-11-6-5-9-14(13-7-3-2-4-8-13)15(17)10-12-19-16(17)18/h2-8,14-15H,9-12H2,1H3/t14-,15+,17+/m1/s1. The van der Waals surface area contributed by atoms with E-state index in [1.807, 2.05) is 6.07 Å². The molecular formula is C17H20O2. The molecule has 1 aliphatic carbocycles. The monoisotopic (exact) mass is 256 g/mol. The van der Waals surface area contributed by atoms with Crippen LogP contribution >= 0.6 is 0 Å². The summed E-state index contributed by atoms with van der Waals surface area (Å²) in [4.78, 5) is 12.2. The van der Waals surface area contributed by atoms with Crippen molar-refractivity contribution in [1.82, 2.24) is 0 Å². The van der Waals surface area contributed by atoms with E-state index in [0.29, 0.717) is 18.4 Å². The van der Waals surface area contributed by atoms with E-state index in [4.69, 9.17) is 4.74 Å². The lowest BCUT2D eigenvalue weighted by molar-refractivity contribution is -0.167. The highest BCUT2D eigenvalue weighted by Crippen LogP contribution is 2.49. The predicted molar refractivity (Wildman–Crippen MR) is 74.7 cm³/mol. The molecule has 1 heterocycles. The third-order valence-corrected chi connectivity index (χ3v) is 4.76. The lowest BCUT2D eigenvalue weighted by Crippen LogP contribution is -2.44. The van der Waals surface area contributed by atoms with Gasteiger partial charge in [0.25, 0.3) is 0 Å². The van der Waals surface area contributed by atoms with E-state index in [2.05, 4.69) is 43.3 Å². The van der Waals surface area contributed by atoms with Gasteiger partial charge in [-0.05, 0) is 43.6 Å². The second-order valence-corrected chi connectivity index (χ2v) is 5.88. The van der Waals surface area contributed by atoms with Crippen molar-refractivity contribution in [3.8, 4) is 0 Å².